The van der Waals surface area contributed by atoms with E-state index in [1.807, 2.05) is 34.8 Å². The molecule has 9 heteroatoms. The van der Waals surface area contributed by atoms with Crippen LogP contribution in [0.25, 0.3) is 5.69 Å². The molecular weight excluding hydrogens is 531 g/mol. The number of nitrogens with zero attached hydrogens (tertiary/aromatic N) is 5. The standard InChI is InChI=1S/C24H34N6O2.HI/c1-19-20(18-30(27-19)21-9-4-3-5-10-21)8-6-12-26-24(25-2)29-15-13-28(14-16-29)23(31)22-11-7-17-32-22;/h3-5,9-10,18,22H,6-8,11-17H2,1-2H3,(H,25,26);1H. The van der Waals surface area contributed by atoms with Gasteiger partial charge in [0.2, 0.25) is 0 Å². The van der Waals surface area contributed by atoms with E-state index in [4.69, 9.17) is 4.74 Å². The number of aryl methyl sites for hydroxylation is 2. The number of nitrogens with one attached hydrogen (secondary N) is 1. The molecule has 1 unspecified atom stereocenters. The summed E-state index contributed by atoms with van der Waals surface area (Å²) in [6.07, 6.45) is 5.70. The van der Waals surface area contributed by atoms with Crippen molar-refractivity contribution in [3.05, 3.63) is 47.8 Å². The molecule has 3 heterocycles. The summed E-state index contributed by atoms with van der Waals surface area (Å²) >= 11 is 0. The fraction of sp³-hybridized carbons (Fsp3) is 0.542. The van der Waals surface area contributed by atoms with Gasteiger partial charge in [0, 0.05) is 52.6 Å². The number of rotatable bonds is 6. The van der Waals surface area contributed by atoms with E-state index in [9.17, 15) is 4.79 Å². The molecule has 1 atom stereocenters. The minimum atomic E-state index is -0.228. The molecule has 0 radical (unpaired) electrons. The van der Waals surface area contributed by atoms with Gasteiger partial charge in [0.15, 0.2) is 5.96 Å². The van der Waals surface area contributed by atoms with Crippen LogP contribution in [0, 0.1) is 6.92 Å². The molecular formula is C24H35IN6O2. The highest BCUT2D eigenvalue weighted by Crippen LogP contribution is 2.16. The van der Waals surface area contributed by atoms with Gasteiger partial charge in [-0.05, 0) is 50.3 Å². The highest BCUT2D eigenvalue weighted by atomic mass is 127. The summed E-state index contributed by atoms with van der Waals surface area (Å²) in [6.45, 7) is 6.65. The van der Waals surface area contributed by atoms with Crippen molar-refractivity contribution < 1.29 is 9.53 Å². The Balaban J connectivity index is 0.00000306. The first kappa shape index (κ1) is 25.5. The van der Waals surface area contributed by atoms with Gasteiger partial charge in [-0.2, -0.15) is 5.10 Å². The monoisotopic (exact) mass is 566 g/mol. The Morgan fingerprint density at radius 2 is 1.91 bits per heavy atom. The van der Waals surface area contributed by atoms with Crippen LogP contribution in [0.5, 0.6) is 0 Å². The van der Waals surface area contributed by atoms with Crippen molar-refractivity contribution in [2.24, 2.45) is 4.99 Å². The number of hydrogen-bond donors (Lipinski definition) is 1. The number of ether oxygens (including phenoxy) is 1. The van der Waals surface area contributed by atoms with Crippen LogP contribution in [0.2, 0.25) is 0 Å². The Morgan fingerprint density at radius 1 is 1.18 bits per heavy atom. The lowest BCUT2D eigenvalue weighted by molar-refractivity contribution is -0.142. The lowest BCUT2D eigenvalue weighted by atomic mass is 10.1. The third-order valence-corrected chi connectivity index (χ3v) is 6.24. The van der Waals surface area contributed by atoms with Crippen LogP contribution in [0.3, 0.4) is 0 Å². The van der Waals surface area contributed by atoms with Crippen LogP contribution in [0.15, 0.2) is 41.5 Å². The zero-order chi connectivity index (χ0) is 22.3. The molecule has 1 aromatic heterocycles. The van der Waals surface area contributed by atoms with E-state index in [1.54, 1.807) is 0 Å². The lowest BCUT2D eigenvalue weighted by Crippen LogP contribution is -2.55. The van der Waals surface area contributed by atoms with Crippen molar-refractivity contribution in [3.8, 4) is 5.69 Å². The summed E-state index contributed by atoms with van der Waals surface area (Å²) in [7, 11) is 1.82. The fourth-order valence-corrected chi connectivity index (χ4v) is 4.38. The van der Waals surface area contributed by atoms with E-state index >= 15 is 0 Å². The average molecular weight is 566 g/mol. The first-order chi connectivity index (χ1) is 15.7. The zero-order valence-electron chi connectivity index (χ0n) is 19.6. The van der Waals surface area contributed by atoms with Gasteiger partial charge in [-0.25, -0.2) is 4.68 Å². The second-order valence-corrected chi connectivity index (χ2v) is 8.41. The maximum atomic E-state index is 12.5. The van der Waals surface area contributed by atoms with Crippen molar-refractivity contribution in [3.63, 3.8) is 0 Å². The Morgan fingerprint density at radius 3 is 2.58 bits per heavy atom. The van der Waals surface area contributed by atoms with Crippen molar-refractivity contribution >= 4 is 35.8 Å². The second-order valence-electron chi connectivity index (χ2n) is 8.41. The van der Waals surface area contributed by atoms with E-state index in [1.165, 1.54) is 5.56 Å². The van der Waals surface area contributed by atoms with Gasteiger partial charge in [0.05, 0.1) is 11.4 Å². The molecule has 33 heavy (non-hydrogen) atoms. The molecule has 2 aliphatic heterocycles. The van der Waals surface area contributed by atoms with Gasteiger partial charge >= 0.3 is 0 Å². The van der Waals surface area contributed by atoms with E-state index in [0.29, 0.717) is 6.61 Å². The first-order valence-electron chi connectivity index (χ1n) is 11.6. The van der Waals surface area contributed by atoms with Gasteiger partial charge in [-0.15, -0.1) is 24.0 Å². The smallest absolute Gasteiger partial charge is 0.251 e. The number of amides is 1. The van der Waals surface area contributed by atoms with Crippen LogP contribution in [0.4, 0.5) is 0 Å². The molecule has 0 aliphatic carbocycles. The maximum absolute atomic E-state index is 12.5. The predicted molar refractivity (Wildman–Crippen MR) is 141 cm³/mol. The number of carbonyl (C=O) groups is 1. The van der Waals surface area contributed by atoms with E-state index in [-0.39, 0.29) is 36.0 Å². The number of hydrogen-bond acceptors (Lipinski definition) is 4. The summed E-state index contributed by atoms with van der Waals surface area (Å²) in [4.78, 5) is 21.2. The van der Waals surface area contributed by atoms with Crippen molar-refractivity contribution in [1.82, 2.24) is 24.9 Å². The van der Waals surface area contributed by atoms with Gasteiger partial charge in [0.25, 0.3) is 5.91 Å². The summed E-state index contributed by atoms with van der Waals surface area (Å²) < 4.78 is 7.51. The molecule has 1 amide bonds. The third-order valence-electron chi connectivity index (χ3n) is 6.24. The van der Waals surface area contributed by atoms with Gasteiger partial charge in [-0.3, -0.25) is 9.79 Å². The normalized spacial score (nSPS) is 18.8. The number of carbonyl (C=O) groups excluding carboxylic acids is 1. The first-order valence-corrected chi connectivity index (χ1v) is 11.6. The Hall–Kier alpha value is -2.14. The number of halogens is 1. The minimum Gasteiger partial charge on any atom is -0.368 e. The summed E-state index contributed by atoms with van der Waals surface area (Å²) in [5.74, 6) is 1.06. The largest absolute Gasteiger partial charge is 0.368 e. The molecule has 4 rings (SSSR count). The quantitative estimate of drug-likeness (QED) is 0.252. The lowest BCUT2D eigenvalue weighted by Gasteiger charge is -2.37. The second kappa shape index (κ2) is 12.4. The van der Waals surface area contributed by atoms with Crippen molar-refractivity contribution in [2.75, 3.05) is 46.4 Å². The number of piperazine rings is 1. The minimum absolute atomic E-state index is 0. The van der Waals surface area contributed by atoms with Crippen LogP contribution in [-0.4, -0.2) is 83.9 Å². The van der Waals surface area contributed by atoms with Crippen molar-refractivity contribution in [1.29, 1.82) is 0 Å². The Bertz CT molecular complexity index is 918. The summed E-state index contributed by atoms with van der Waals surface area (Å²) in [5, 5.41) is 8.14. The molecule has 180 valence electrons. The average Bonchev–Trinajstić information content (AvgIpc) is 3.50. The van der Waals surface area contributed by atoms with Crippen LogP contribution >= 0.6 is 24.0 Å². The molecule has 8 nitrogen and oxygen atoms in total. The van der Waals surface area contributed by atoms with Gasteiger partial charge in [0.1, 0.15) is 6.10 Å². The van der Waals surface area contributed by atoms with Crippen molar-refractivity contribution in [2.45, 2.75) is 38.7 Å². The van der Waals surface area contributed by atoms with Gasteiger partial charge in [-0.1, -0.05) is 18.2 Å². The van der Waals surface area contributed by atoms with Crippen LogP contribution in [0.1, 0.15) is 30.5 Å². The Kier molecular flexibility index (Phi) is 9.54. The number of aromatic nitrogens is 2. The number of guanidine groups is 1. The van der Waals surface area contributed by atoms with E-state index < -0.39 is 0 Å². The summed E-state index contributed by atoms with van der Waals surface area (Å²) in [5.41, 5.74) is 3.43. The van der Waals surface area contributed by atoms with E-state index in [0.717, 1.165) is 75.7 Å². The Labute approximate surface area is 213 Å². The van der Waals surface area contributed by atoms with Crippen LogP contribution in [-0.2, 0) is 16.0 Å². The number of benzene rings is 1. The maximum Gasteiger partial charge on any atom is 0.251 e. The summed E-state index contributed by atoms with van der Waals surface area (Å²) in [6, 6.07) is 10.2. The molecule has 0 spiro atoms. The predicted octanol–water partition coefficient (Wildman–Crippen LogP) is 2.63. The molecule has 2 fully saturated rings. The SMILES string of the molecule is CN=C(NCCCc1cn(-c2ccccc2)nc1C)N1CCN(C(=O)C2CCCO2)CC1.I. The number of para-hydroxylation sites is 1. The molecule has 2 aromatic rings. The number of aliphatic imine (C=N–C) groups is 1. The fourth-order valence-electron chi connectivity index (χ4n) is 4.38. The van der Waals surface area contributed by atoms with E-state index in [2.05, 4.69) is 45.6 Å². The highest BCUT2D eigenvalue weighted by molar-refractivity contribution is 14.0. The molecule has 0 bridgehead atoms. The zero-order valence-corrected chi connectivity index (χ0v) is 21.9. The van der Waals surface area contributed by atoms with Crippen LogP contribution < -0.4 is 5.32 Å². The molecule has 1 aromatic carbocycles. The topological polar surface area (TPSA) is 75.0 Å². The van der Waals surface area contributed by atoms with Gasteiger partial charge < -0.3 is 19.9 Å². The molecule has 2 aliphatic rings. The highest BCUT2D eigenvalue weighted by Gasteiger charge is 2.30. The molecule has 0 saturated carbocycles. The third kappa shape index (κ3) is 6.47. The molecule has 1 N–H and O–H groups in total. The molecule has 2 saturated heterocycles.